The standard InChI is InChI=1S/C15H13N3OS/c1-9-5-6-12(10(2)8-9)18-14(19)11-4-3-7-16-13(11)17-15(18)20/h3-8H,1-2H3,(H,16,17,20). The van der Waals surface area contributed by atoms with Crippen LogP contribution in [-0.2, 0) is 0 Å². The van der Waals surface area contributed by atoms with Crippen LogP contribution >= 0.6 is 12.2 Å². The van der Waals surface area contributed by atoms with Crippen LogP contribution in [0, 0.1) is 18.6 Å². The SMILES string of the molecule is Cc1ccc(-n2c(=S)[nH]c3ncccc3c2=O)c(C)c1. The van der Waals surface area contributed by atoms with Crippen LogP contribution in [0.1, 0.15) is 11.1 Å². The first-order valence-electron chi connectivity index (χ1n) is 6.25. The largest absolute Gasteiger partial charge is 0.316 e. The van der Waals surface area contributed by atoms with Gasteiger partial charge in [-0.2, -0.15) is 0 Å². The van der Waals surface area contributed by atoms with Crippen LogP contribution in [0.5, 0.6) is 0 Å². The van der Waals surface area contributed by atoms with Crippen molar-refractivity contribution in [3.63, 3.8) is 0 Å². The number of hydrogen-bond acceptors (Lipinski definition) is 3. The number of benzene rings is 1. The van der Waals surface area contributed by atoms with Crippen molar-refractivity contribution in [1.29, 1.82) is 0 Å². The second kappa shape index (κ2) is 4.68. The Labute approximate surface area is 120 Å². The molecule has 0 saturated carbocycles. The van der Waals surface area contributed by atoms with Crippen molar-refractivity contribution < 1.29 is 0 Å². The summed E-state index contributed by atoms with van der Waals surface area (Å²) in [7, 11) is 0. The highest BCUT2D eigenvalue weighted by Crippen LogP contribution is 2.15. The van der Waals surface area contributed by atoms with E-state index in [4.69, 9.17) is 12.2 Å². The summed E-state index contributed by atoms with van der Waals surface area (Å²) in [5, 5.41) is 0.529. The quantitative estimate of drug-likeness (QED) is 0.698. The lowest BCUT2D eigenvalue weighted by Gasteiger charge is -2.11. The van der Waals surface area contributed by atoms with Gasteiger partial charge in [-0.15, -0.1) is 0 Å². The lowest BCUT2D eigenvalue weighted by molar-refractivity contribution is 0.923. The molecule has 0 aliphatic carbocycles. The number of aromatic nitrogens is 3. The average molecular weight is 283 g/mol. The highest BCUT2D eigenvalue weighted by atomic mass is 32.1. The number of hydrogen-bond donors (Lipinski definition) is 1. The minimum Gasteiger partial charge on any atom is -0.316 e. The van der Waals surface area contributed by atoms with Crippen LogP contribution in [0.15, 0.2) is 41.3 Å². The molecule has 0 unspecified atom stereocenters. The van der Waals surface area contributed by atoms with Crippen molar-refractivity contribution in [1.82, 2.24) is 14.5 Å². The molecular formula is C15H13N3OS. The minimum absolute atomic E-state index is 0.149. The Bertz CT molecular complexity index is 924. The molecule has 0 aliphatic rings. The number of aryl methyl sites for hydroxylation is 2. The molecule has 3 aromatic rings. The van der Waals surface area contributed by atoms with E-state index in [0.29, 0.717) is 15.8 Å². The Morgan fingerprint density at radius 1 is 1.25 bits per heavy atom. The smallest absolute Gasteiger partial charge is 0.268 e. The lowest BCUT2D eigenvalue weighted by atomic mass is 10.1. The van der Waals surface area contributed by atoms with Gasteiger partial charge in [0.15, 0.2) is 4.77 Å². The fourth-order valence-electron chi connectivity index (χ4n) is 2.32. The highest BCUT2D eigenvalue weighted by molar-refractivity contribution is 7.71. The number of pyridine rings is 1. The monoisotopic (exact) mass is 283 g/mol. The van der Waals surface area contributed by atoms with Gasteiger partial charge in [-0.05, 0) is 49.8 Å². The summed E-state index contributed by atoms with van der Waals surface area (Å²) in [6, 6.07) is 9.40. The zero-order valence-electron chi connectivity index (χ0n) is 11.2. The van der Waals surface area contributed by atoms with Gasteiger partial charge in [-0.1, -0.05) is 17.7 Å². The summed E-state index contributed by atoms with van der Waals surface area (Å²) in [5.41, 5.74) is 3.33. The summed E-state index contributed by atoms with van der Waals surface area (Å²) in [4.78, 5) is 19.8. The van der Waals surface area contributed by atoms with E-state index in [1.54, 1.807) is 18.3 Å². The summed E-state index contributed by atoms with van der Waals surface area (Å²) >= 11 is 5.31. The van der Waals surface area contributed by atoms with Crippen LogP contribution in [0.25, 0.3) is 16.7 Å². The van der Waals surface area contributed by atoms with Crippen molar-refractivity contribution in [2.24, 2.45) is 0 Å². The fraction of sp³-hybridized carbons (Fsp3) is 0.133. The zero-order chi connectivity index (χ0) is 14.3. The maximum Gasteiger partial charge on any atom is 0.268 e. The van der Waals surface area contributed by atoms with Gasteiger partial charge in [0.2, 0.25) is 0 Å². The van der Waals surface area contributed by atoms with Crippen LogP contribution < -0.4 is 5.56 Å². The third kappa shape index (κ3) is 1.96. The molecule has 2 aromatic heterocycles. The van der Waals surface area contributed by atoms with Gasteiger partial charge < -0.3 is 4.98 Å². The van der Waals surface area contributed by atoms with Gasteiger partial charge >= 0.3 is 0 Å². The normalized spacial score (nSPS) is 10.9. The molecular weight excluding hydrogens is 270 g/mol. The van der Waals surface area contributed by atoms with Crippen LogP contribution in [-0.4, -0.2) is 14.5 Å². The van der Waals surface area contributed by atoms with Crippen molar-refractivity contribution in [2.45, 2.75) is 13.8 Å². The van der Waals surface area contributed by atoms with E-state index in [9.17, 15) is 4.79 Å². The molecule has 100 valence electrons. The maximum absolute atomic E-state index is 12.6. The van der Waals surface area contributed by atoms with E-state index in [2.05, 4.69) is 9.97 Å². The number of H-pyrrole nitrogens is 1. The third-order valence-electron chi connectivity index (χ3n) is 3.26. The Hall–Kier alpha value is -2.27. The first-order valence-corrected chi connectivity index (χ1v) is 6.66. The van der Waals surface area contributed by atoms with E-state index in [0.717, 1.165) is 16.8 Å². The second-order valence-corrected chi connectivity index (χ2v) is 5.15. The molecule has 3 rings (SSSR count). The van der Waals surface area contributed by atoms with E-state index in [1.165, 1.54) is 4.57 Å². The fourth-order valence-corrected chi connectivity index (χ4v) is 2.60. The van der Waals surface area contributed by atoms with Crippen molar-refractivity contribution in [2.75, 3.05) is 0 Å². The highest BCUT2D eigenvalue weighted by Gasteiger charge is 2.09. The Morgan fingerprint density at radius 3 is 2.80 bits per heavy atom. The van der Waals surface area contributed by atoms with E-state index < -0.39 is 0 Å². The molecule has 4 nitrogen and oxygen atoms in total. The van der Waals surface area contributed by atoms with Crippen molar-refractivity contribution in [3.8, 4) is 5.69 Å². The molecule has 0 bridgehead atoms. The van der Waals surface area contributed by atoms with Gasteiger partial charge in [0.05, 0.1) is 11.1 Å². The topological polar surface area (TPSA) is 50.7 Å². The molecule has 1 N–H and O–H groups in total. The Balaban J connectivity index is 2.43. The second-order valence-electron chi connectivity index (χ2n) is 4.76. The first-order chi connectivity index (χ1) is 9.58. The van der Waals surface area contributed by atoms with Crippen LogP contribution in [0.4, 0.5) is 0 Å². The van der Waals surface area contributed by atoms with Crippen molar-refractivity contribution >= 4 is 23.3 Å². The van der Waals surface area contributed by atoms with Crippen LogP contribution in [0.3, 0.4) is 0 Å². The summed E-state index contributed by atoms with van der Waals surface area (Å²) in [5.74, 6) is 0. The molecule has 0 saturated heterocycles. The summed E-state index contributed by atoms with van der Waals surface area (Å²) < 4.78 is 1.88. The predicted octanol–water partition coefficient (Wildman–Crippen LogP) is 3.06. The van der Waals surface area contributed by atoms with Crippen LogP contribution in [0.2, 0.25) is 0 Å². The van der Waals surface area contributed by atoms with E-state index in [-0.39, 0.29) is 5.56 Å². The molecule has 2 heterocycles. The Kier molecular flexibility index (Phi) is 2.99. The molecule has 0 spiro atoms. The van der Waals surface area contributed by atoms with Gasteiger partial charge in [0, 0.05) is 6.20 Å². The van der Waals surface area contributed by atoms with Gasteiger partial charge in [0.25, 0.3) is 5.56 Å². The number of nitrogens with zero attached hydrogens (tertiary/aromatic N) is 2. The van der Waals surface area contributed by atoms with E-state index in [1.807, 2.05) is 32.0 Å². The first kappa shape index (κ1) is 12.7. The molecule has 0 radical (unpaired) electrons. The number of aromatic amines is 1. The molecule has 20 heavy (non-hydrogen) atoms. The van der Waals surface area contributed by atoms with Crippen molar-refractivity contribution in [3.05, 3.63) is 62.8 Å². The molecule has 0 amide bonds. The predicted molar refractivity (Wildman–Crippen MR) is 82.0 cm³/mol. The molecule has 0 fully saturated rings. The van der Waals surface area contributed by atoms with E-state index >= 15 is 0 Å². The average Bonchev–Trinajstić information content (AvgIpc) is 2.41. The van der Waals surface area contributed by atoms with Gasteiger partial charge in [-0.3, -0.25) is 9.36 Å². The molecule has 0 atom stereocenters. The molecule has 0 aliphatic heterocycles. The number of fused-ring (bicyclic) bond motifs is 1. The molecule has 5 heteroatoms. The summed E-state index contributed by atoms with van der Waals surface area (Å²) in [6.45, 7) is 3.99. The third-order valence-corrected chi connectivity index (χ3v) is 3.55. The lowest BCUT2D eigenvalue weighted by Crippen LogP contribution is -2.21. The zero-order valence-corrected chi connectivity index (χ0v) is 12.0. The number of rotatable bonds is 1. The number of nitrogens with one attached hydrogen (secondary N) is 1. The summed E-state index contributed by atoms with van der Waals surface area (Å²) in [6.07, 6.45) is 1.63. The Morgan fingerprint density at radius 2 is 2.05 bits per heavy atom. The molecule has 1 aromatic carbocycles. The minimum atomic E-state index is -0.149. The van der Waals surface area contributed by atoms with Gasteiger partial charge in [0.1, 0.15) is 5.65 Å². The maximum atomic E-state index is 12.6. The van der Waals surface area contributed by atoms with Gasteiger partial charge in [-0.25, -0.2) is 4.98 Å².